The van der Waals surface area contributed by atoms with Gasteiger partial charge in [0.25, 0.3) is 0 Å². The van der Waals surface area contributed by atoms with E-state index >= 15 is 0 Å². The van der Waals surface area contributed by atoms with E-state index in [9.17, 15) is 4.39 Å². The average Bonchev–Trinajstić information content (AvgIpc) is 3.09. The minimum atomic E-state index is -0.179. The topological polar surface area (TPSA) is 15.3 Å². The summed E-state index contributed by atoms with van der Waals surface area (Å²) in [6, 6.07) is 6.86. The van der Waals surface area contributed by atoms with Crippen LogP contribution in [0.25, 0.3) is 0 Å². The highest BCUT2D eigenvalue weighted by atomic mass is 79.9. The number of halogens is 2. The van der Waals surface area contributed by atoms with Gasteiger partial charge >= 0.3 is 0 Å². The second-order valence-electron chi connectivity index (χ2n) is 5.45. The number of benzene rings is 1. The second kappa shape index (κ2) is 4.82. The molecule has 2 atom stereocenters. The quantitative estimate of drug-likeness (QED) is 0.917. The number of anilines is 1. The Balaban J connectivity index is 1.70. The van der Waals surface area contributed by atoms with Crippen LogP contribution in [0.3, 0.4) is 0 Å². The first-order chi connectivity index (χ1) is 8.65. The van der Waals surface area contributed by atoms with Gasteiger partial charge in [-0.15, -0.1) is 0 Å². The third kappa shape index (κ3) is 2.41. The van der Waals surface area contributed by atoms with Crippen molar-refractivity contribution >= 4 is 21.6 Å². The Kier molecular flexibility index (Phi) is 3.32. The number of para-hydroxylation sites is 1. The van der Waals surface area contributed by atoms with Crippen molar-refractivity contribution in [2.45, 2.75) is 44.3 Å². The highest BCUT2D eigenvalue weighted by molar-refractivity contribution is 9.10. The lowest BCUT2D eigenvalue weighted by Crippen LogP contribution is -2.31. The third-order valence-corrected chi connectivity index (χ3v) is 4.61. The SMILES string of the molecule is CC1CC(Nc2c(F)cccc2Br)CN1C1CC1. The highest BCUT2D eigenvalue weighted by Gasteiger charge is 2.38. The zero-order valence-corrected chi connectivity index (χ0v) is 12.1. The molecular formula is C14H18BrFN2. The summed E-state index contributed by atoms with van der Waals surface area (Å²) in [7, 11) is 0. The molecule has 0 spiro atoms. The van der Waals surface area contributed by atoms with Crippen molar-refractivity contribution in [3.05, 3.63) is 28.5 Å². The van der Waals surface area contributed by atoms with Crippen LogP contribution in [0.1, 0.15) is 26.2 Å². The van der Waals surface area contributed by atoms with E-state index in [0.29, 0.717) is 17.8 Å². The first-order valence-electron chi connectivity index (χ1n) is 6.61. The van der Waals surface area contributed by atoms with Gasteiger partial charge in [-0.25, -0.2) is 4.39 Å². The molecule has 1 aliphatic carbocycles. The van der Waals surface area contributed by atoms with Crippen LogP contribution in [0.5, 0.6) is 0 Å². The lowest BCUT2D eigenvalue weighted by atomic mass is 10.2. The highest BCUT2D eigenvalue weighted by Crippen LogP contribution is 2.35. The maximum absolute atomic E-state index is 13.8. The van der Waals surface area contributed by atoms with E-state index in [1.165, 1.54) is 18.9 Å². The average molecular weight is 313 g/mol. The normalized spacial score (nSPS) is 28.6. The van der Waals surface area contributed by atoms with E-state index in [4.69, 9.17) is 0 Å². The Morgan fingerprint density at radius 1 is 1.39 bits per heavy atom. The molecule has 1 aliphatic heterocycles. The summed E-state index contributed by atoms with van der Waals surface area (Å²) >= 11 is 3.41. The fraction of sp³-hybridized carbons (Fsp3) is 0.571. The number of nitrogens with zero attached hydrogens (tertiary/aromatic N) is 1. The van der Waals surface area contributed by atoms with Gasteiger partial charge in [-0.3, -0.25) is 4.90 Å². The summed E-state index contributed by atoms with van der Waals surface area (Å²) in [5.41, 5.74) is 0.604. The largest absolute Gasteiger partial charge is 0.378 e. The summed E-state index contributed by atoms with van der Waals surface area (Å²) in [6.45, 7) is 3.31. The fourth-order valence-electron chi connectivity index (χ4n) is 2.92. The van der Waals surface area contributed by atoms with Gasteiger partial charge in [0.05, 0.1) is 5.69 Å². The molecule has 2 unspecified atom stereocenters. The van der Waals surface area contributed by atoms with E-state index in [0.717, 1.165) is 23.5 Å². The lowest BCUT2D eigenvalue weighted by molar-refractivity contribution is 0.257. The van der Waals surface area contributed by atoms with Crippen molar-refractivity contribution in [1.29, 1.82) is 0 Å². The minimum absolute atomic E-state index is 0.179. The summed E-state index contributed by atoms with van der Waals surface area (Å²) in [5.74, 6) is -0.179. The Hall–Kier alpha value is -0.610. The molecule has 2 fully saturated rings. The van der Waals surface area contributed by atoms with Crippen molar-refractivity contribution in [2.75, 3.05) is 11.9 Å². The van der Waals surface area contributed by atoms with Gasteiger partial charge in [-0.2, -0.15) is 0 Å². The molecule has 98 valence electrons. The van der Waals surface area contributed by atoms with E-state index in [1.54, 1.807) is 6.07 Å². The molecule has 0 bridgehead atoms. The molecule has 1 aromatic carbocycles. The lowest BCUT2D eigenvalue weighted by Gasteiger charge is -2.20. The molecule has 2 nitrogen and oxygen atoms in total. The summed E-state index contributed by atoms with van der Waals surface area (Å²) in [6.07, 6.45) is 3.76. The maximum Gasteiger partial charge on any atom is 0.147 e. The molecule has 0 radical (unpaired) electrons. The van der Waals surface area contributed by atoms with Crippen LogP contribution in [0.4, 0.5) is 10.1 Å². The molecule has 1 saturated heterocycles. The van der Waals surface area contributed by atoms with E-state index in [1.807, 2.05) is 6.07 Å². The van der Waals surface area contributed by atoms with Crippen LogP contribution in [-0.2, 0) is 0 Å². The first-order valence-corrected chi connectivity index (χ1v) is 7.40. The van der Waals surface area contributed by atoms with Crippen LogP contribution in [0.15, 0.2) is 22.7 Å². The van der Waals surface area contributed by atoms with Crippen molar-refractivity contribution in [1.82, 2.24) is 4.90 Å². The number of hydrogen-bond donors (Lipinski definition) is 1. The van der Waals surface area contributed by atoms with Crippen molar-refractivity contribution < 1.29 is 4.39 Å². The zero-order chi connectivity index (χ0) is 12.7. The van der Waals surface area contributed by atoms with Crippen molar-refractivity contribution in [2.24, 2.45) is 0 Å². The monoisotopic (exact) mass is 312 g/mol. The zero-order valence-electron chi connectivity index (χ0n) is 10.5. The molecular weight excluding hydrogens is 295 g/mol. The standard InChI is InChI=1S/C14H18BrFN2/c1-9-7-10(8-18(9)11-5-6-11)17-14-12(15)3-2-4-13(14)16/h2-4,9-11,17H,5-8H2,1H3. The van der Waals surface area contributed by atoms with Crippen LogP contribution in [-0.4, -0.2) is 29.6 Å². The summed E-state index contributed by atoms with van der Waals surface area (Å²) in [4.78, 5) is 2.56. The number of likely N-dealkylation sites (tertiary alicyclic amines) is 1. The number of nitrogens with one attached hydrogen (secondary N) is 1. The minimum Gasteiger partial charge on any atom is -0.378 e. The van der Waals surface area contributed by atoms with Gasteiger partial charge in [0, 0.05) is 29.1 Å². The van der Waals surface area contributed by atoms with Crippen molar-refractivity contribution in [3.63, 3.8) is 0 Å². The van der Waals surface area contributed by atoms with Crippen LogP contribution < -0.4 is 5.32 Å². The molecule has 0 amide bonds. The van der Waals surface area contributed by atoms with Gasteiger partial charge in [0.15, 0.2) is 0 Å². The Labute approximate surface area is 116 Å². The molecule has 3 rings (SSSR count). The Morgan fingerprint density at radius 3 is 2.83 bits per heavy atom. The Morgan fingerprint density at radius 2 is 2.17 bits per heavy atom. The molecule has 1 N–H and O–H groups in total. The molecule has 1 saturated carbocycles. The molecule has 18 heavy (non-hydrogen) atoms. The first kappa shape index (κ1) is 12.4. The van der Waals surface area contributed by atoms with Gasteiger partial charge in [-0.1, -0.05) is 6.07 Å². The fourth-order valence-corrected chi connectivity index (χ4v) is 3.37. The Bertz CT molecular complexity index is 427. The van der Waals surface area contributed by atoms with Gasteiger partial charge in [-0.05, 0) is 54.2 Å². The van der Waals surface area contributed by atoms with Crippen LogP contribution in [0.2, 0.25) is 0 Å². The molecule has 4 heteroatoms. The number of rotatable bonds is 3. The van der Waals surface area contributed by atoms with Gasteiger partial charge in [0.1, 0.15) is 5.82 Å². The van der Waals surface area contributed by atoms with Gasteiger partial charge in [0.2, 0.25) is 0 Å². The van der Waals surface area contributed by atoms with E-state index < -0.39 is 0 Å². The van der Waals surface area contributed by atoms with E-state index in [2.05, 4.69) is 33.1 Å². The molecule has 1 aromatic rings. The summed E-state index contributed by atoms with van der Waals surface area (Å²) in [5, 5.41) is 3.36. The molecule has 2 aliphatic rings. The smallest absolute Gasteiger partial charge is 0.147 e. The maximum atomic E-state index is 13.8. The second-order valence-corrected chi connectivity index (χ2v) is 6.30. The van der Waals surface area contributed by atoms with Crippen LogP contribution in [0, 0.1) is 5.82 Å². The predicted molar refractivity (Wildman–Crippen MR) is 75.3 cm³/mol. The third-order valence-electron chi connectivity index (χ3n) is 3.95. The molecule has 1 heterocycles. The van der Waals surface area contributed by atoms with Crippen LogP contribution >= 0.6 is 15.9 Å². The molecule has 0 aromatic heterocycles. The van der Waals surface area contributed by atoms with E-state index in [-0.39, 0.29) is 5.82 Å². The van der Waals surface area contributed by atoms with Crippen molar-refractivity contribution in [3.8, 4) is 0 Å². The number of hydrogen-bond acceptors (Lipinski definition) is 2. The predicted octanol–water partition coefficient (Wildman–Crippen LogP) is 3.63. The summed E-state index contributed by atoms with van der Waals surface area (Å²) < 4.78 is 14.6. The van der Waals surface area contributed by atoms with Gasteiger partial charge < -0.3 is 5.32 Å².